The van der Waals surface area contributed by atoms with Gasteiger partial charge in [0, 0.05) is 31.7 Å². The number of hydrogen-bond acceptors (Lipinski definition) is 3. The van der Waals surface area contributed by atoms with Gasteiger partial charge in [0.2, 0.25) is 10.0 Å². The fraction of sp³-hybridized carbons (Fsp3) is 0.562. The van der Waals surface area contributed by atoms with E-state index in [-0.39, 0.29) is 29.4 Å². The third-order valence-electron chi connectivity index (χ3n) is 4.12. The predicted octanol–water partition coefficient (Wildman–Crippen LogP) is 2.70. The molecule has 0 N–H and O–H groups in total. The molecule has 8 heteroatoms. The molecule has 2 unspecified atom stereocenters. The Bertz CT molecular complexity index is 704. The van der Waals surface area contributed by atoms with Gasteiger partial charge in [0.25, 0.3) is 0 Å². The van der Waals surface area contributed by atoms with Crippen LogP contribution in [-0.2, 0) is 10.0 Å². The Hall–Kier alpha value is -1.31. The standard InChI is InChI=1S/C16H24ClN3O3S/c1-11(2)15-19(10-12(3)20(15)16(21)18(4)5)24(22,23)14-8-6-13(17)7-9-14/h6-9,11-12,15H,10H2,1-5H3. The zero-order valence-electron chi connectivity index (χ0n) is 14.6. The number of benzene rings is 1. The Labute approximate surface area is 149 Å². The minimum absolute atomic E-state index is 0.0408. The van der Waals surface area contributed by atoms with Crippen molar-refractivity contribution in [2.45, 2.75) is 37.9 Å². The summed E-state index contributed by atoms with van der Waals surface area (Å²) in [6, 6.07) is 5.72. The first kappa shape index (κ1) is 19.0. The summed E-state index contributed by atoms with van der Waals surface area (Å²) < 4.78 is 27.6. The highest BCUT2D eigenvalue weighted by Gasteiger charge is 2.47. The number of halogens is 1. The van der Waals surface area contributed by atoms with Crippen LogP contribution in [0.4, 0.5) is 4.79 Å². The lowest BCUT2D eigenvalue weighted by Crippen LogP contribution is -2.51. The molecule has 1 aromatic carbocycles. The molecule has 0 aliphatic carbocycles. The second-order valence-corrected chi connectivity index (χ2v) is 8.95. The number of sulfonamides is 1. The van der Waals surface area contributed by atoms with Gasteiger partial charge in [-0.3, -0.25) is 0 Å². The topological polar surface area (TPSA) is 60.9 Å². The molecule has 0 bridgehead atoms. The van der Waals surface area contributed by atoms with E-state index < -0.39 is 16.2 Å². The van der Waals surface area contributed by atoms with Crippen LogP contribution in [0, 0.1) is 5.92 Å². The summed E-state index contributed by atoms with van der Waals surface area (Å²) in [6.07, 6.45) is -0.518. The van der Waals surface area contributed by atoms with E-state index in [0.717, 1.165) is 0 Å². The third-order valence-corrected chi connectivity index (χ3v) is 6.22. The van der Waals surface area contributed by atoms with Crippen LogP contribution < -0.4 is 0 Å². The average Bonchev–Trinajstić information content (AvgIpc) is 2.85. The molecule has 6 nitrogen and oxygen atoms in total. The van der Waals surface area contributed by atoms with E-state index in [9.17, 15) is 13.2 Å². The van der Waals surface area contributed by atoms with Gasteiger partial charge in [-0.15, -0.1) is 0 Å². The van der Waals surface area contributed by atoms with Crippen LogP contribution in [0.15, 0.2) is 29.2 Å². The maximum Gasteiger partial charge on any atom is 0.321 e. The van der Waals surface area contributed by atoms with E-state index in [1.165, 1.54) is 21.3 Å². The second kappa shape index (κ2) is 6.90. The fourth-order valence-corrected chi connectivity index (χ4v) is 4.94. The summed E-state index contributed by atoms with van der Waals surface area (Å²) in [5, 5.41) is 0.480. The number of hydrogen-bond donors (Lipinski definition) is 0. The van der Waals surface area contributed by atoms with Gasteiger partial charge in [-0.1, -0.05) is 25.4 Å². The van der Waals surface area contributed by atoms with Gasteiger partial charge in [-0.25, -0.2) is 13.2 Å². The zero-order valence-corrected chi connectivity index (χ0v) is 16.2. The SMILES string of the molecule is CC(C)C1N(C(=O)N(C)C)C(C)CN1S(=O)(=O)c1ccc(Cl)cc1. The molecule has 0 saturated carbocycles. The monoisotopic (exact) mass is 373 g/mol. The summed E-state index contributed by atoms with van der Waals surface area (Å²) in [7, 11) is -0.374. The van der Waals surface area contributed by atoms with Gasteiger partial charge in [0.15, 0.2) is 0 Å². The maximum atomic E-state index is 13.1. The summed E-state index contributed by atoms with van der Waals surface area (Å²) >= 11 is 5.86. The molecule has 1 aromatic rings. The quantitative estimate of drug-likeness (QED) is 0.818. The fourth-order valence-electron chi connectivity index (χ4n) is 3.02. The van der Waals surface area contributed by atoms with Crippen molar-refractivity contribution in [3.8, 4) is 0 Å². The van der Waals surface area contributed by atoms with Gasteiger partial charge < -0.3 is 9.80 Å². The molecule has 0 aromatic heterocycles. The molecular weight excluding hydrogens is 350 g/mol. The van der Waals surface area contributed by atoms with Crippen LogP contribution in [0.3, 0.4) is 0 Å². The number of nitrogens with zero attached hydrogens (tertiary/aromatic N) is 3. The molecule has 0 radical (unpaired) electrons. The predicted molar refractivity (Wildman–Crippen MR) is 94.4 cm³/mol. The highest BCUT2D eigenvalue weighted by molar-refractivity contribution is 7.89. The average molecular weight is 374 g/mol. The number of carbonyl (C=O) groups is 1. The number of urea groups is 1. The van der Waals surface area contributed by atoms with Crippen molar-refractivity contribution in [1.29, 1.82) is 0 Å². The molecule has 2 atom stereocenters. The first-order valence-electron chi connectivity index (χ1n) is 7.84. The molecule has 1 aliphatic rings. The lowest BCUT2D eigenvalue weighted by Gasteiger charge is -2.35. The van der Waals surface area contributed by atoms with Gasteiger partial charge in [-0.2, -0.15) is 4.31 Å². The molecule has 1 fully saturated rings. The van der Waals surface area contributed by atoms with Crippen LogP contribution in [0.5, 0.6) is 0 Å². The molecule has 24 heavy (non-hydrogen) atoms. The van der Waals surface area contributed by atoms with E-state index >= 15 is 0 Å². The summed E-state index contributed by atoms with van der Waals surface area (Å²) in [5.41, 5.74) is 0. The van der Waals surface area contributed by atoms with Crippen LogP contribution in [-0.4, -0.2) is 61.4 Å². The third kappa shape index (κ3) is 3.38. The van der Waals surface area contributed by atoms with Crippen LogP contribution >= 0.6 is 11.6 Å². The van der Waals surface area contributed by atoms with E-state index in [2.05, 4.69) is 0 Å². The van der Waals surface area contributed by atoms with Crippen LogP contribution in [0.2, 0.25) is 5.02 Å². The molecule has 134 valence electrons. The molecule has 1 heterocycles. The van der Waals surface area contributed by atoms with E-state index in [4.69, 9.17) is 11.6 Å². The minimum Gasteiger partial charge on any atom is -0.331 e. The Morgan fingerprint density at radius 3 is 2.25 bits per heavy atom. The smallest absolute Gasteiger partial charge is 0.321 e. The second-order valence-electron chi connectivity index (χ2n) is 6.62. The molecule has 1 aliphatic heterocycles. The summed E-state index contributed by atoms with van der Waals surface area (Å²) in [4.78, 5) is 15.8. The Morgan fingerprint density at radius 2 is 1.79 bits per heavy atom. The zero-order chi connectivity index (χ0) is 18.2. The highest BCUT2D eigenvalue weighted by Crippen LogP contribution is 2.32. The van der Waals surface area contributed by atoms with E-state index in [1.807, 2.05) is 20.8 Å². The van der Waals surface area contributed by atoms with Crippen molar-refractivity contribution in [3.63, 3.8) is 0 Å². The Kier molecular flexibility index (Phi) is 5.47. The first-order chi connectivity index (χ1) is 11.1. The van der Waals surface area contributed by atoms with Gasteiger partial charge in [-0.05, 0) is 37.1 Å². The van der Waals surface area contributed by atoms with Gasteiger partial charge in [0.05, 0.1) is 4.90 Å². The van der Waals surface area contributed by atoms with Crippen LogP contribution in [0.1, 0.15) is 20.8 Å². The molecule has 2 rings (SSSR count). The van der Waals surface area contributed by atoms with Crippen molar-refractivity contribution in [3.05, 3.63) is 29.3 Å². The normalized spacial score (nSPS) is 22.2. The Balaban J connectivity index is 2.45. The van der Waals surface area contributed by atoms with Crippen molar-refractivity contribution in [2.75, 3.05) is 20.6 Å². The van der Waals surface area contributed by atoms with Crippen molar-refractivity contribution in [2.24, 2.45) is 5.92 Å². The lowest BCUT2D eigenvalue weighted by atomic mass is 10.1. The minimum atomic E-state index is -3.71. The van der Waals surface area contributed by atoms with E-state index in [1.54, 1.807) is 31.1 Å². The molecular formula is C16H24ClN3O3S. The molecule has 2 amide bonds. The largest absolute Gasteiger partial charge is 0.331 e. The number of rotatable bonds is 3. The summed E-state index contributed by atoms with van der Waals surface area (Å²) in [5.74, 6) is -0.0408. The van der Waals surface area contributed by atoms with Gasteiger partial charge >= 0.3 is 6.03 Å². The van der Waals surface area contributed by atoms with Crippen molar-refractivity contribution >= 4 is 27.7 Å². The van der Waals surface area contributed by atoms with Crippen molar-refractivity contribution < 1.29 is 13.2 Å². The summed E-state index contributed by atoms with van der Waals surface area (Å²) in [6.45, 7) is 5.98. The first-order valence-corrected chi connectivity index (χ1v) is 9.66. The van der Waals surface area contributed by atoms with Gasteiger partial charge in [0.1, 0.15) is 6.17 Å². The maximum absolute atomic E-state index is 13.1. The van der Waals surface area contributed by atoms with Crippen LogP contribution in [0.25, 0.3) is 0 Å². The van der Waals surface area contributed by atoms with E-state index in [0.29, 0.717) is 5.02 Å². The van der Waals surface area contributed by atoms with Crippen molar-refractivity contribution in [1.82, 2.24) is 14.1 Å². The highest BCUT2D eigenvalue weighted by atomic mass is 35.5. The molecule has 0 spiro atoms. The lowest BCUT2D eigenvalue weighted by molar-refractivity contribution is 0.116. The molecule has 1 saturated heterocycles. The Morgan fingerprint density at radius 1 is 1.25 bits per heavy atom. The number of carbonyl (C=O) groups excluding carboxylic acids is 1. The number of amides is 2.